The average Bonchev–Trinajstić information content (AvgIpc) is 2.26. The molecule has 0 aliphatic carbocycles. The van der Waals surface area contributed by atoms with Crippen LogP contribution in [-0.2, 0) is 9.59 Å². The molecular weight excluding hydrogens is 222 g/mol. The Balaban J connectivity index is 2.92. The molecule has 86 valence electrons. The highest BCUT2D eigenvalue weighted by Crippen LogP contribution is 2.14. The van der Waals surface area contributed by atoms with Crippen molar-refractivity contribution < 1.29 is 19.4 Å². The molecule has 0 radical (unpaired) electrons. The van der Waals surface area contributed by atoms with E-state index in [-0.39, 0.29) is 5.57 Å². The maximum atomic E-state index is 10.7. The molecule has 1 rings (SSSR count). The van der Waals surface area contributed by atoms with E-state index in [1.807, 2.05) is 0 Å². The highest BCUT2D eigenvalue weighted by molar-refractivity contribution is 5.96. The molecule has 0 saturated heterocycles. The van der Waals surface area contributed by atoms with Gasteiger partial charge in [-0.25, -0.2) is 4.79 Å². The lowest BCUT2D eigenvalue weighted by molar-refractivity contribution is -0.132. The van der Waals surface area contributed by atoms with Crippen molar-refractivity contribution in [1.29, 1.82) is 5.26 Å². The van der Waals surface area contributed by atoms with Gasteiger partial charge in [-0.3, -0.25) is 4.79 Å². The third-order valence-electron chi connectivity index (χ3n) is 1.80. The number of nitrogens with zero attached hydrogens (tertiary/aromatic N) is 1. The van der Waals surface area contributed by atoms with Crippen LogP contribution in [0.3, 0.4) is 0 Å². The number of carbonyl (C=O) groups excluding carboxylic acids is 1. The fraction of sp³-hybridized carbons (Fsp3) is 0.0833. The Morgan fingerprint density at radius 1 is 1.35 bits per heavy atom. The van der Waals surface area contributed by atoms with E-state index < -0.39 is 11.9 Å². The Kier molecular flexibility index (Phi) is 4.01. The Bertz CT molecular complexity index is 508. The van der Waals surface area contributed by atoms with Gasteiger partial charge in [-0.2, -0.15) is 5.26 Å². The van der Waals surface area contributed by atoms with Gasteiger partial charge in [0.2, 0.25) is 0 Å². The van der Waals surface area contributed by atoms with Gasteiger partial charge in [0.05, 0.1) is 0 Å². The van der Waals surface area contributed by atoms with Gasteiger partial charge in [0.25, 0.3) is 0 Å². The molecule has 0 amide bonds. The summed E-state index contributed by atoms with van der Waals surface area (Å²) in [7, 11) is 0. The quantitative estimate of drug-likeness (QED) is 0.369. The molecule has 0 spiro atoms. The van der Waals surface area contributed by atoms with E-state index in [9.17, 15) is 9.59 Å². The first kappa shape index (κ1) is 12.5. The molecule has 5 heteroatoms. The summed E-state index contributed by atoms with van der Waals surface area (Å²) >= 11 is 0. The van der Waals surface area contributed by atoms with E-state index in [1.165, 1.54) is 25.1 Å². The Morgan fingerprint density at radius 2 is 1.94 bits per heavy atom. The molecule has 1 aromatic rings. The maximum Gasteiger partial charge on any atom is 0.346 e. The van der Waals surface area contributed by atoms with Crippen LogP contribution in [0.1, 0.15) is 12.5 Å². The van der Waals surface area contributed by atoms with Crippen LogP contribution in [0.4, 0.5) is 0 Å². The molecule has 0 aliphatic heterocycles. The van der Waals surface area contributed by atoms with Crippen molar-refractivity contribution in [3.05, 3.63) is 35.4 Å². The topological polar surface area (TPSA) is 87.4 Å². The standard InChI is InChI=1S/C12H9NO4/c1-8(14)17-11-4-2-9(3-5-11)6-10(7-13)12(15)16/h2-6H,1H3,(H,15,16)/b10-6-. The summed E-state index contributed by atoms with van der Waals surface area (Å²) in [6.07, 6.45) is 1.24. The number of hydrogen-bond acceptors (Lipinski definition) is 4. The molecule has 1 aromatic carbocycles. The molecule has 0 aromatic heterocycles. The number of ether oxygens (including phenoxy) is 1. The largest absolute Gasteiger partial charge is 0.477 e. The molecule has 0 bridgehead atoms. The van der Waals surface area contributed by atoms with Gasteiger partial charge in [0.1, 0.15) is 17.4 Å². The number of carbonyl (C=O) groups is 2. The van der Waals surface area contributed by atoms with Crippen LogP contribution in [-0.4, -0.2) is 17.0 Å². The predicted molar refractivity (Wildman–Crippen MR) is 59.0 cm³/mol. The van der Waals surface area contributed by atoms with Crippen molar-refractivity contribution >= 4 is 18.0 Å². The van der Waals surface area contributed by atoms with E-state index in [2.05, 4.69) is 0 Å². The molecule has 1 N–H and O–H groups in total. The van der Waals surface area contributed by atoms with Crippen molar-refractivity contribution in [2.24, 2.45) is 0 Å². The van der Waals surface area contributed by atoms with Crippen LogP contribution in [0.5, 0.6) is 5.75 Å². The van der Waals surface area contributed by atoms with Crippen LogP contribution in [0.25, 0.3) is 6.08 Å². The monoisotopic (exact) mass is 231 g/mol. The SMILES string of the molecule is CC(=O)Oc1ccc(/C=C(/C#N)C(=O)O)cc1. The number of carboxylic acid groups (broad SMARTS) is 1. The zero-order valence-electron chi connectivity index (χ0n) is 9.01. The molecule has 0 fully saturated rings. The fourth-order valence-electron chi connectivity index (χ4n) is 1.11. The number of hydrogen-bond donors (Lipinski definition) is 1. The van der Waals surface area contributed by atoms with E-state index in [0.29, 0.717) is 11.3 Å². The van der Waals surface area contributed by atoms with Crippen molar-refractivity contribution in [3.8, 4) is 11.8 Å². The molecule has 17 heavy (non-hydrogen) atoms. The first-order chi connectivity index (χ1) is 8.02. The highest BCUT2D eigenvalue weighted by atomic mass is 16.5. The number of nitriles is 1. The molecule has 0 aliphatic rings. The average molecular weight is 231 g/mol. The van der Waals surface area contributed by atoms with Gasteiger partial charge in [0, 0.05) is 6.92 Å². The van der Waals surface area contributed by atoms with Crippen LogP contribution >= 0.6 is 0 Å². The van der Waals surface area contributed by atoms with Gasteiger partial charge in [-0.1, -0.05) is 12.1 Å². The van der Waals surface area contributed by atoms with Gasteiger partial charge in [-0.15, -0.1) is 0 Å². The van der Waals surface area contributed by atoms with E-state index in [0.717, 1.165) is 0 Å². The van der Waals surface area contributed by atoms with Gasteiger partial charge >= 0.3 is 11.9 Å². The Hall–Kier alpha value is -2.61. The zero-order chi connectivity index (χ0) is 12.8. The zero-order valence-corrected chi connectivity index (χ0v) is 9.01. The molecule has 0 heterocycles. The first-order valence-corrected chi connectivity index (χ1v) is 4.66. The second-order valence-electron chi connectivity index (χ2n) is 3.14. The third kappa shape index (κ3) is 3.80. The maximum absolute atomic E-state index is 10.7. The molecule has 0 saturated carbocycles. The summed E-state index contributed by atoms with van der Waals surface area (Å²) in [5, 5.41) is 17.2. The lowest BCUT2D eigenvalue weighted by Crippen LogP contribution is -2.01. The molecule has 5 nitrogen and oxygen atoms in total. The normalized spacial score (nSPS) is 10.5. The molecule has 0 unspecified atom stereocenters. The summed E-state index contributed by atoms with van der Waals surface area (Å²) in [5.41, 5.74) is 0.185. The van der Waals surface area contributed by atoms with Gasteiger partial charge in [0.15, 0.2) is 0 Å². The minimum absolute atomic E-state index is 0.356. The van der Waals surface area contributed by atoms with Crippen molar-refractivity contribution in [1.82, 2.24) is 0 Å². The van der Waals surface area contributed by atoms with E-state index in [4.69, 9.17) is 15.1 Å². The minimum Gasteiger partial charge on any atom is -0.477 e. The first-order valence-electron chi connectivity index (χ1n) is 4.66. The second-order valence-corrected chi connectivity index (χ2v) is 3.14. The summed E-state index contributed by atoms with van der Waals surface area (Å²) in [4.78, 5) is 21.2. The summed E-state index contributed by atoms with van der Waals surface area (Å²) in [6.45, 7) is 1.28. The van der Waals surface area contributed by atoms with Crippen LogP contribution < -0.4 is 4.74 Å². The van der Waals surface area contributed by atoms with Crippen LogP contribution in [0, 0.1) is 11.3 Å². The minimum atomic E-state index is -1.28. The lowest BCUT2D eigenvalue weighted by atomic mass is 10.1. The van der Waals surface area contributed by atoms with Crippen molar-refractivity contribution in [2.75, 3.05) is 0 Å². The van der Waals surface area contributed by atoms with Gasteiger partial charge in [-0.05, 0) is 23.8 Å². The van der Waals surface area contributed by atoms with Crippen molar-refractivity contribution in [3.63, 3.8) is 0 Å². The van der Waals surface area contributed by atoms with Crippen molar-refractivity contribution in [2.45, 2.75) is 6.92 Å². The van der Waals surface area contributed by atoms with Crippen LogP contribution in [0.2, 0.25) is 0 Å². The van der Waals surface area contributed by atoms with E-state index >= 15 is 0 Å². The number of aliphatic carboxylic acids is 1. The summed E-state index contributed by atoms with van der Waals surface area (Å²) in [6, 6.07) is 7.72. The van der Waals surface area contributed by atoms with Gasteiger partial charge < -0.3 is 9.84 Å². The predicted octanol–water partition coefficient (Wildman–Crippen LogP) is 1.60. The lowest BCUT2D eigenvalue weighted by Gasteiger charge is -2.00. The highest BCUT2D eigenvalue weighted by Gasteiger charge is 2.05. The number of carboxylic acids is 1. The van der Waals surface area contributed by atoms with Crippen LogP contribution in [0.15, 0.2) is 29.8 Å². The summed E-state index contributed by atoms with van der Waals surface area (Å²) in [5.74, 6) is -1.35. The summed E-state index contributed by atoms with van der Waals surface area (Å²) < 4.78 is 4.81. The Labute approximate surface area is 97.6 Å². The third-order valence-corrected chi connectivity index (χ3v) is 1.80. The number of rotatable bonds is 3. The fourth-order valence-corrected chi connectivity index (χ4v) is 1.11. The Morgan fingerprint density at radius 3 is 2.35 bits per heavy atom. The smallest absolute Gasteiger partial charge is 0.346 e. The molecule has 0 atom stereocenters. The number of esters is 1. The second kappa shape index (κ2) is 5.47. The van der Waals surface area contributed by atoms with E-state index in [1.54, 1.807) is 18.2 Å². The number of benzene rings is 1. The molecular formula is C12H9NO4.